The van der Waals surface area contributed by atoms with E-state index in [-0.39, 0.29) is 5.69 Å². The van der Waals surface area contributed by atoms with Crippen molar-refractivity contribution in [2.24, 2.45) is 0 Å². The second-order valence-electron chi connectivity index (χ2n) is 2.55. The van der Waals surface area contributed by atoms with Crippen LogP contribution in [-0.2, 0) is 0 Å². The van der Waals surface area contributed by atoms with E-state index in [1.54, 1.807) is 0 Å². The lowest BCUT2D eigenvalue weighted by atomic mass is 10.1. The summed E-state index contributed by atoms with van der Waals surface area (Å²) in [5, 5.41) is 8.69. The minimum absolute atomic E-state index is 0.126. The molecule has 3 nitrogen and oxygen atoms in total. The van der Waals surface area contributed by atoms with Crippen molar-refractivity contribution in [3.8, 4) is 0 Å². The van der Waals surface area contributed by atoms with Gasteiger partial charge in [-0.2, -0.15) is 0 Å². The number of rotatable bonds is 2. The van der Waals surface area contributed by atoms with Crippen LogP contribution < -0.4 is 5.73 Å². The highest BCUT2D eigenvalue weighted by Gasteiger charge is 2.18. The zero-order valence-electron chi connectivity index (χ0n) is 7.05. The van der Waals surface area contributed by atoms with Gasteiger partial charge < -0.3 is 10.8 Å². The van der Waals surface area contributed by atoms with Gasteiger partial charge in [-0.3, -0.25) is 0 Å². The average molecular weight is 260 g/mol. The number of nitrogens with two attached hydrogens (primary N) is 1. The molecular weight excluding hydrogens is 253 g/mol. The Kier molecular flexibility index (Phi) is 2.90. The monoisotopic (exact) mass is 259 g/mol. The van der Waals surface area contributed by atoms with Crippen LogP contribution in [0, 0.1) is 5.82 Å². The quantitative estimate of drug-likeness (QED) is 0.803. The van der Waals surface area contributed by atoms with Crippen molar-refractivity contribution in [1.29, 1.82) is 0 Å². The molecule has 5 heteroatoms. The molecular formula is C9H7BrFNO2. The number of carboxylic acid groups (broad SMARTS) is 1. The zero-order chi connectivity index (χ0) is 10.9. The van der Waals surface area contributed by atoms with E-state index in [9.17, 15) is 9.18 Å². The van der Waals surface area contributed by atoms with Crippen molar-refractivity contribution >= 4 is 33.7 Å². The predicted molar refractivity (Wildman–Crippen MR) is 55.6 cm³/mol. The Morgan fingerprint density at radius 1 is 1.71 bits per heavy atom. The maximum Gasteiger partial charge on any atom is 0.340 e. The van der Waals surface area contributed by atoms with Gasteiger partial charge in [0, 0.05) is 10.0 Å². The van der Waals surface area contributed by atoms with E-state index in [4.69, 9.17) is 10.8 Å². The number of anilines is 1. The lowest BCUT2D eigenvalue weighted by Crippen LogP contribution is -2.07. The van der Waals surface area contributed by atoms with E-state index in [0.29, 0.717) is 10.0 Å². The van der Waals surface area contributed by atoms with Gasteiger partial charge in [0.05, 0.1) is 5.69 Å². The summed E-state index contributed by atoms with van der Waals surface area (Å²) in [4.78, 5) is 10.7. The minimum Gasteiger partial charge on any atom is -0.478 e. The fraction of sp³-hybridized carbons (Fsp3) is 0. The van der Waals surface area contributed by atoms with Crippen molar-refractivity contribution in [1.82, 2.24) is 0 Å². The molecule has 0 aliphatic heterocycles. The first-order valence-corrected chi connectivity index (χ1v) is 4.41. The third-order valence-electron chi connectivity index (χ3n) is 1.73. The van der Waals surface area contributed by atoms with E-state index in [1.807, 2.05) is 0 Å². The zero-order valence-corrected chi connectivity index (χ0v) is 8.64. The third-order valence-corrected chi connectivity index (χ3v) is 2.38. The molecule has 1 aromatic rings. The summed E-state index contributed by atoms with van der Waals surface area (Å²) in [6, 6.07) is 1.05. The van der Waals surface area contributed by atoms with Crippen molar-refractivity contribution in [3.63, 3.8) is 0 Å². The Hall–Kier alpha value is -1.36. The molecule has 0 fully saturated rings. The number of hydrogen-bond acceptors (Lipinski definition) is 2. The number of halogens is 2. The first-order chi connectivity index (χ1) is 6.49. The smallest absolute Gasteiger partial charge is 0.340 e. The maximum atomic E-state index is 13.2. The molecule has 14 heavy (non-hydrogen) atoms. The van der Waals surface area contributed by atoms with Crippen molar-refractivity contribution in [3.05, 3.63) is 34.1 Å². The van der Waals surface area contributed by atoms with Gasteiger partial charge in [0.15, 0.2) is 0 Å². The number of hydrogen-bond donors (Lipinski definition) is 2. The number of benzene rings is 1. The van der Waals surface area contributed by atoms with Crippen LogP contribution >= 0.6 is 15.9 Å². The summed E-state index contributed by atoms with van der Waals surface area (Å²) >= 11 is 3.06. The normalized spacial score (nSPS) is 9.86. The Labute approximate surface area is 88.2 Å². The van der Waals surface area contributed by atoms with Crippen LogP contribution in [0.1, 0.15) is 15.9 Å². The molecule has 0 radical (unpaired) electrons. The summed E-state index contributed by atoms with van der Waals surface area (Å²) < 4.78 is 13.5. The summed E-state index contributed by atoms with van der Waals surface area (Å²) in [6.45, 7) is 3.46. The second kappa shape index (κ2) is 3.79. The largest absolute Gasteiger partial charge is 0.478 e. The SMILES string of the molecule is C=Cc1c(Br)cc(F)c(C(=O)O)c1N. The Bertz CT molecular complexity index is 418. The molecule has 0 aliphatic rings. The van der Waals surface area contributed by atoms with Gasteiger partial charge in [0.25, 0.3) is 0 Å². The van der Waals surface area contributed by atoms with E-state index < -0.39 is 17.3 Å². The second-order valence-corrected chi connectivity index (χ2v) is 3.41. The summed E-state index contributed by atoms with van der Waals surface area (Å²) in [5.41, 5.74) is 5.20. The van der Waals surface area contributed by atoms with Gasteiger partial charge in [-0.05, 0) is 22.0 Å². The molecule has 74 valence electrons. The molecule has 0 bridgehead atoms. The topological polar surface area (TPSA) is 63.3 Å². The fourth-order valence-corrected chi connectivity index (χ4v) is 1.65. The summed E-state index contributed by atoms with van der Waals surface area (Å²) in [6.07, 6.45) is 1.37. The molecule has 1 aromatic carbocycles. The molecule has 0 amide bonds. The van der Waals surface area contributed by atoms with Crippen LogP contribution in [0.5, 0.6) is 0 Å². The number of nitrogen functional groups attached to an aromatic ring is 1. The van der Waals surface area contributed by atoms with Crippen molar-refractivity contribution in [2.45, 2.75) is 0 Å². The van der Waals surface area contributed by atoms with Crippen LogP contribution in [0.2, 0.25) is 0 Å². The molecule has 0 saturated heterocycles. The minimum atomic E-state index is -1.39. The molecule has 3 N–H and O–H groups in total. The van der Waals surface area contributed by atoms with Crippen LogP contribution in [0.25, 0.3) is 6.08 Å². The van der Waals surface area contributed by atoms with Crippen molar-refractivity contribution in [2.75, 3.05) is 5.73 Å². The fourth-order valence-electron chi connectivity index (χ4n) is 1.08. The first-order valence-electron chi connectivity index (χ1n) is 3.62. The molecule has 1 rings (SSSR count). The predicted octanol–water partition coefficient (Wildman–Crippen LogP) is 2.51. The van der Waals surface area contributed by atoms with Gasteiger partial charge in [-0.1, -0.05) is 12.7 Å². The number of carboxylic acids is 1. The van der Waals surface area contributed by atoms with Crippen LogP contribution in [0.15, 0.2) is 17.1 Å². The van der Waals surface area contributed by atoms with Gasteiger partial charge >= 0.3 is 5.97 Å². The highest BCUT2D eigenvalue weighted by Crippen LogP contribution is 2.29. The Balaban J connectivity index is 3.60. The highest BCUT2D eigenvalue weighted by molar-refractivity contribution is 9.10. The average Bonchev–Trinajstić information content (AvgIpc) is 2.02. The lowest BCUT2D eigenvalue weighted by molar-refractivity contribution is 0.0693. The maximum absolute atomic E-state index is 13.2. The summed E-state index contributed by atoms with van der Waals surface area (Å²) in [7, 11) is 0. The highest BCUT2D eigenvalue weighted by atomic mass is 79.9. The number of carbonyl (C=O) groups is 1. The molecule has 0 atom stereocenters. The van der Waals surface area contributed by atoms with E-state index >= 15 is 0 Å². The van der Waals surface area contributed by atoms with Gasteiger partial charge in [-0.25, -0.2) is 9.18 Å². The van der Waals surface area contributed by atoms with Gasteiger partial charge in [-0.15, -0.1) is 0 Å². The van der Waals surface area contributed by atoms with E-state index in [0.717, 1.165) is 6.07 Å². The third kappa shape index (κ3) is 1.63. The molecule has 0 unspecified atom stereocenters. The van der Waals surface area contributed by atoms with Crippen LogP contribution in [0.3, 0.4) is 0 Å². The van der Waals surface area contributed by atoms with Crippen LogP contribution in [0.4, 0.5) is 10.1 Å². The van der Waals surface area contributed by atoms with Gasteiger partial charge in [0.1, 0.15) is 11.4 Å². The first kappa shape index (κ1) is 10.7. The van der Waals surface area contributed by atoms with E-state index in [1.165, 1.54) is 6.08 Å². The molecule has 0 heterocycles. The Morgan fingerprint density at radius 3 is 2.71 bits per heavy atom. The Morgan fingerprint density at radius 2 is 2.29 bits per heavy atom. The van der Waals surface area contributed by atoms with Crippen LogP contribution in [-0.4, -0.2) is 11.1 Å². The van der Waals surface area contributed by atoms with Gasteiger partial charge in [0.2, 0.25) is 0 Å². The number of aromatic carboxylic acids is 1. The summed E-state index contributed by atoms with van der Waals surface area (Å²) in [5.74, 6) is -2.26. The van der Waals surface area contributed by atoms with Crippen molar-refractivity contribution < 1.29 is 14.3 Å². The standard InChI is InChI=1S/C9H7BrFNO2/c1-2-4-5(10)3-6(11)7(8(4)12)9(13)14/h2-3H,1,12H2,(H,13,14). The molecule has 0 spiro atoms. The molecule has 0 aromatic heterocycles. The molecule has 0 aliphatic carbocycles. The lowest BCUT2D eigenvalue weighted by Gasteiger charge is -2.08. The van der Waals surface area contributed by atoms with E-state index in [2.05, 4.69) is 22.5 Å². The molecule has 0 saturated carbocycles.